The zero-order valence-corrected chi connectivity index (χ0v) is 17.6. The molecule has 9 heteroatoms. The van der Waals surface area contributed by atoms with Crippen molar-refractivity contribution in [3.8, 4) is 17.2 Å². The van der Waals surface area contributed by atoms with Gasteiger partial charge in [0.2, 0.25) is 17.1 Å². The number of rotatable bonds is 8. The van der Waals surface area contributed by atoms with Crippen molar-refractivity contribution in [2.45, 2.75) is 32.7 Å². The largest absolute Gasteiger partial charge is 0.504 e. The van der Waals surface area contributed by atoms with Gasteiger partial charge in [-0.05, 0) is 37.6 Å². The number of aromatic nitrogens is 2. The molecule has 0 aliphatic carbocycles. The van der Waals surface area contributed by atoms with Gasteiger partial charge in [0.05, 0.1) is 19.6 Å². The first-order valence-corrected chi connectivity index (χ1v) is 9.75. The molecule has 1 aromatic carbocycles. The lowest BCUT2D eigenvalue weighted by molar-refractivity contribution is -0.121. The molecule has 31 heavy (non-hydrogen) atoms. The topological polar surface area (TPSA) is 127 Å². The number of phenolic OH excluding ortho intramolecular Hbond substituents is 1. The summed E-state index contributed by atoms with van der Waals surface area (Å²) < 4.78 is 12.6. The number of phenols is 1. The second-order valence-electron chi connectivity index (χ2n) is 7.17. The number of carbonyl (C=O) groups excluding carboxylic acids is 1. The molecule has 0 saturated carbocycles. The van der Waals surface area contributed by atoms with E-state index in [-0.39, 0.29) is 29.6 Å². The highest BCUT2D eigenvalue weighted by Gasteiger charge is 2.26. The maximum absolute atomic E-state index is 12.7. The number of carbonyl (C=O) groups is 1. The smallest absolute Gasteiger partial charge is 0.227 e. The number of nitrogens with one attached hydrogen (secondary N) is 1. The van der Waals surface area contributed by atoms with Crippen molar-refractivity contribution < 1.29 is 24.2 Å². The SMILES string of the molecule is COc1cc(C(CC(=O)NCCn2nccc2C)c2oc(C)cc(=O)c2O)ccc1O. The Morgan fingerprint density at radius 1 is 1.26 bits per heavy atom. The van der Waals surface area contributed by atoms with Crippen molar-refractivity contribution in [2.24, 2.45) is 0 Å². The minimum atomic E-state index is -0.770. The van der Waals surface area contributed by atoms with Crippen LogP contribution in [0.1, 0.15) is 35.1 Å². The summed E-state index contributed by atoms with van der Waals surface area (Å²) in [5.41, 5.74) is 0.926. The highest BCUT2D eigenvalue weighted by Crippen LogP contribution is 2.37. The molecular weight excluding hydrogens is 402 g/mol. The number of hydrogen-bond donors (Lipinski definition) is 3. The Kier molecular flexibility index (Phi) is 6.64. The van der Waals surface area contributed by atoms with Crippen molar-refractivity contribution in [3.05, 3.63) is 69.5 Å². The van der Waals surface area contributed by atoms with E-state index in [2.05, 4.69) is 10.4 Å². The molecule has 9 nitrogen and oxygen atoms in total. The molecule has 0 bridgehead atoms. The lowest BCUT2D eigenvalue weighted by atomic mass is 9.91. The maximum atomic E-state index is 12.7. The molecule has 3 rings (SSSR count). The summed E-state index contributed by atoms with van der Waals surface area (Å²) in [5, 5.41) is 27.3. The highest BCUT2D eigenvalue weighted by molar-refractivity contribution is 5.77. The van der Waals surface area contributed by atoms with Crippen LogP contribution in [-0.4, -0.2) is 39.6 Å². The van der Waals surface area contributed by atoms with Crippen LogP contribution in [-0.2, 0) is 11.3 Å². The zero-order chi connectivity index (χ0) is 22.5. The molecule has 0 fully saturated rings. The van der Waals surface area contributed by atoms with Gasteiger partial charge < -0.3 is 24.7 Å². The van der Waals surface area contributed by atoms with Crippen LogP contribution in [0.25, 0.3) is 0 Å². The minimum Gasteiger partial charge on any atom is -0.504 e. The van der Waals surface area contributed by atoms with E-state index in [9.17, 15) is 19.8 Å². The van der Waals surface area contributed by atoms with Gasteiger partial charge in [-0.3, -0.25) is 14.3 Å². The zero-order valence-electron chi connectivity index (χ0n) is 17.6. The Balaban J connectivity index is 1.86. The van der Waals surface area contributed by atoms with E-state index in [1.54, 1.807) is 29.9 Å². The van der Waals surface area contributed by atoms with Gasteiger partial charge in [0.15, 0.2) is 17.3 Å². The average Bonchev–Trinajstić information content (AvgIpc) is 3.14. The second-order valence-corrected chi connectivity index (χ2v) is 7.17. The molecule has 0 aliphatic rings. The molecule has 0 spiro atoms. The van der Waals surface area contributed by atoms with Gasteiger partial charge in [0, 0.05) is 30.9 Å². The molecule has 3 N–H and O–H groups in total. The van der Waals surface area contributed by atoms with E-state index in [1.165, 1.54) is 19.2 Å². The van der Waals surface area contributed by atoms with Crippen LogP contribution in [0, 0.1) is 13.8 Å². The number of hydrogen-bond acceptors (Lipinski definition) is 7. The average molecular weight is 427 g/mol. The van der Waals surface area contributed by atoms with E-state index in [1.807, 2.05) is 13.0 Å². The van der Waals surface area contributed by atoms with E-state index in [0.29, 0.717) is 24.4 Å². The molecule has 0 aliphatic heterocycles. The normalized spacial score (nSPS) is 11.8. The van der Waals surface area contributed by atoms with Crippen LogP contribution in [0.3, 0.4) is 0 Å². The number of amides is 1. The fourth-order valence-corrected chi connectivity index (χ4v) is 3.33. The first-order chi connectivity index (χ1) is 14.8. The Bertz CT molecular complexity index is 1130. The van der Waals surface area contributed by atoms with Crippen LogP contribution in [0.2, 0.25) is 0 Å². The molecule has 2 heterocycles. The number of aromatic hydroxyl groups is 2. The summed E-state index contributed by atoms with van der Waals surface area (Å²) in [6.07, 6.45) is 1.60. The number of benzene rings is 1. The molecule has 0 radical (unpaired) electrons. The fourth-order valence-electron chi connectivity index (χ4n) is 3.33. The fraction of sp³-hybridized carbons (Fsp3) is 0.318. The quantitative estimate of drug-likeness (QED) is 0.503. The van der Waals surface area contributed by atoms with E-state index >= 15 is 0 Å². The molecule has 1 amide bonds. The number of nitrogens with zero attached hydrogens (tertiary/aromatic N) is 2. The first kappa shape index (κ1) is 21.9. The van der Waals surface area contributed by atoms with Crippen molar-refractivity contribution in [2.75, 3.05) is 13.7 Å². The Morgan fingerprint density at radius 2 is 2.03 bits per heavy atom. The van der Waals surface area contributed by atoms with E-state index in [4.69, 9.17) is 9.15 Å². The summed E-state index contributed by atoms with van der Waals surface area (Å²) in [5.74, 6) is -1.20. The van der Waals surface area contributed by atoms with Crippen molar-refractivity contribution >= 4 is 5.91 Å². The summed E-state index contributed by atoms with van der Waals surface area (Å²) in [4.78, 5) is 24.8. The minimum absolute atomic E-state index is 0.0178. The summed E-state index contributed by atoms with van der Waals surface area (Å²) in [7, 11) is 1.40. The Labute approximate surface area is 178 Å². The number of ether oxygens (including phenoxy) is 1. The summed E-state index contributed by atoms with van der Waals surface area (Å²) in [6.45, 7) is 4.38. The standard InChI is InChI=1S/C22H25N3O6/c1-13-6-7-24-25(13)9-8-23-20(28)12-16(15-4-5-17(26)19(11-15)30-3)22-21(29)18(27)10-14(2)31-22/h4-7,10-11,16,26,29H,8-9,12H2,1-3H3,(H,23,28). The lowest BCUT2D eigenvalue weighted by Crippen LogP contribution is -2.29. The number of methoxy groups -OCH3 is 1. The van der Waals surface area contributed by atoms with Gasteiger partial charge in [0.1, 0.15) is 5.76 Å². The van der Waals surface area contributed by atoms with Crippen LogP contribution in [0.5, 0.6) is 17.2 Å². The second kappa shape index (κ2) is 9.38. The molecule has 1 atom stereocenters. The van der Waals surface area contributed by atoms with Crippen LogP contribution in [0.15, 0.2) is 45.7 Å². The summed E-state index contributed by atoms with van der Waals surface area (Å²) in [6, 6.07) is 7.61. The maximum Gasteiger partial charge on any atom is 0.227 e. The van der Waals surface area contributed by atoms with Crippen LogP contribution in [0.4, 0.5) is 0 Å². The van der Waals surface area contributed by atoms with Crippen molar-refractivity contribution in [1.82, 2.24) is 15.1 Å². The highest BCUT2D eigenvalue weighted by atomic mass is 16.5. The third-order valence-corrected chi connectivity index (χ3v) is 4.96. The summed E-state index contributed by atoms with van der Waals surface area (Å²) >= 11 is 0. The van der Waals surface area contributed by atoms with Crippen LogP contribution < -0.4 is 15.5 Å². The molecule has 0 saturated heterocycles. The molecule has 164 valence electrons. The first-order valence-electron chi connectivity index (χ1n) is 9.75. The number of aryl methyl sites for hydroxylation is 2. The molecule has 2 aromatic heterocycles. The van der Waals surface area contributed by atoms with Gasteiger partial charge >= 0.3 is 0 Å². The van der Waals surface area contributed by atoms with Gasteiger partial charge in [-0.1, -0.05) is 6.07 Å². The predicted molar refractivity (Wildman–Crippen MR) is 112 cm³/mol. The van der Waals surface area contributed by atoms with Gasteiger partial charge in [-0.25, -0.2) is 0 Å². The van der Waals surface area contributed by atoms with Crippen molar-refractivity contribution in [1.29, 1.82) is 0 Å². The van der Waals surface area contributed by atoms with E-state index < -0.39 is 17.1 Å². The third-order valence-electron chi connectivity index (χ3n) is 4.96. The molecular formula is C22H25N3O6. The molecule has 1 unspecified atom stereocenters. The van der Waals surface area contributed by atoms with Gasteiger partial charge in [-0.2, -0.15) is 5.10 Å². The lowest BCUT2D eigenvalue weighted by Gasteiger charge is -2.19. The Morgan fingerprint density at radius 3 is 2.71 bits per heavy atom. The molecule has 3 aromatic rings. The van der Waals surface area contributed by atoms with Gasteiger partial charge in [0.25, 0.3) is 0 Å². The van der Waals surface area contributed by atoms with Gasteiger partial charge in [-0.15, -0.1) is 0 Å². The third kappa shape index (κ3) is 5.06. The predicted octanol–water partition coefficient (Wildman–Crippen LogP) is 2.21. The van der Waals surface area contributed by atoms with Crippen LogP contribution >= 0.6 is 0 Å². The Hall–Kier alpha value is -3.75. The monoisotopic (exact) mass is 427 g/mol. The van der Waals surface area contributed by atoms with Crippen molar-refractivity contribution in [3.63, 3.8) is 0 Å². The van der Waals surface area contributed by atoms with E-state index in [0.717, 1.165) is 5.69 Å².